The predicted octanol–water partition coefficient (Wildman–Crippen LogP) is 1.98. The predicted molar refractivity (Wildman–Crippen MR) is 73.3 cm³/mol. The summed E-state index contributed by atoms with van der Waals surface area (Å²) in [5.41, 5.74) is -0.0924. The quantitative estimate of drug-likeness (QED) is 0.609. The van der Waals surface area contributed by atoms with Gasteiger partial charge in [-0.1, -0.05) is 11.8 Å². The minimum absolute atomic E-state index is 0.0142. The van der Waals surface area contributed by atoms with Crippen molar-refractivity contribution in [3.8, 4) is 5.69 Å². The summed E-state index contributed by atoms with van der Waals surface area (Å²) in [5, 5.41) is 25.3. The Kier molecular flexibility index (Phi) is 4.91. The van der Waals surface area contributed by atoms with E-state index in [1.807, 2.05) is 0 Å². The van der Waals surface area contributed by atoms with Gasteiger partial charge in [-0.25, -0.2) is 8.78 Å². The normalized spacial score (nSPS) is 10.9. The van der Waals surface area contributed by atoms with Crippen LogP contribution in [0, 0.1) is 11.6 Å². The zero-order valence-electron chi connectivity index (χ0n) is 10.3. The summed E-state index contributed by atoms with van der Waals surface area (Å²) in [6.45, 7) is -0.533. The van der Waals surface area contributed by atoms with Gasteiger partial charge in [0.15, 0.2) is 11.0 Å². The third-order valence-corrected chi connectivity index (χ3v) is 3.92. The Labute approximate surface area is 129 Å². The molecule has 21 heavy (non-hydrogen) atoms. The van der Waals surface area contributed by atoms with Crippen LogP contribution in [0.25, 0.3) is 5.69 Å². The van der Waals surface area contributed by atoms with Crippen LogP contribution in [0.3, 0.4) is 0 Å². The van der Waals surface area contributed by atoms with E-state index in [0.29, 0.717) is 6.07 Å². The summed E-state index contributed by atoms with van der Waals surface area (Å²) < 4.78 is 28.4. The molecule has 0 fully saturated rings. The third kappa shape index (κ3) is 3.39. The minimum Gasteiger partial charge on any atom is -0.481 e. The number of carboxylic acids is 1. The lowest BCUT2D eigenvalue weighted by molar-refractivity contribution is -0.133. The third-order valence-electron chi connectivity index (χ3n) is 2.40. The summed E-state index contributed by atoms with van der Waals surface area (Å²) in [6, 6.07) is 1.84. The molecule has 0 unspecified atom stereocenters. The summed E-state index contributed by atoms with van der Waals surface area (Å²) in [4.78, 5) is 10.6. The Morgan fingerprint density at radius 1 is 1.33 bits per heavy atom. The van der Waals surface area contributed by atoms with E-state index in [1.54, 1.807) is 0 Å². The number of halogens is 3. The first-order valence-electron chi connectivity index (χ1n) is 5.48. The van der Waals surface area contributed by atoms with Crippen molar-refractivity contribution in [2.24, 2.45) is 0 Å². The Balaban J connectivity index is 2.53. The fraction of sp³-hybridized carbons (Fsp3) is 0.182. The molecule has 112 valence electrons. The fourth-order valence-electron chi connectivity index (χ4n) is 1.55. The molecule has 0 aliphatic carbocycles. The standard InChI is InChI=1S/C11H8BrF2N3O3S/c12-5-1-8(7(14)2-6(5)13)17-9(3-18)15-16-11(17)21-4-10(19)20/h1-2,18H,3-4H2,(H,19,20). The molecular formula is C11H8BrF2N3O3S. The van der Waals surface area contributed by atoms with E-state index in [2.05, 4.69) is 26.1 Å². The molecule has 1 aromatic heterocycles. The number of aromatic nitrogens is 3. The number of aliphatic hydroxyl groups excluding tert-OH is 1. The number of thioether (sulfide) groups is 1. The van der Waals surface area contributed by atoms with Crippen LogP contribution in [0.15, 0.2) is 21.8 Å². The van der Waals surface area contributed by atoms with Crippen molar-refractivity contribution < 1.29 is 23.8 Å². The molecule has 6 nitrogen and oxygen atoms in total. The number of hydrogen-bond acceptors (Lipinski definition) is 5. The van der Waals surface area contributed by atoms with Crippen molar-refractivity contribution in [3.63, 3.8) is 0 Å². The molecule has 2 N–H and O–H groups in total. The number of carbonyl (C=O) groups is 1. The first-order chi connectivity index (χ1) is 9.93. The second-order valence-electron chi connectivity index (χ2n) is 3.79. The van der Waals surface area contributed by atoms with Gasteiger partial charge in [-0.2, -0.15) is 0 Å². The minimum atomic E-state index is -1.08. The summed E-state index contributed by atoms with van der Waals surface area (Å²) in [6.07, 6.45) is 0. The lowest BCUT2D eigenvalue weighted by atomic mass is 10.3. The second-order valence-corrected chi connectivity index (χ2v) is 5.59. The zero-order chi connectivity index (χ0) is 15.6. The van der Waals surface area contributed by atoms with Crippen molar-refractivity contribution in [3.05, 3.63) is 34.1 Å². The lowest BCUT2D eigenvalue weighted by Crippen LogP contribution is -2.07. The molecule has 0 aliphatic heterocycles. The van der Waals surface area contributed by atoms with Crippen molar-refractivity contribution >= 4 is 33.7 Å². The molecule has 0 aliphatic rings. The molecular weight excluding hydrogens is 372 g/mol. The maximum atomic E-state index is 13.9. The average molecular weight is 380 g/mol. The summed E-state index contributed by atoms with van der Waals surface area (Å²) >= 11 is 3.75. The van der Waals surface area contributed by atoms with E-state index in [9.17, 15) is 18.7 Å². The van der Waals surface area contributed by atoms with Gasteiger partial charge in [0.2, 0.25) is 0 Å². The van der Waals surface area contributed by atoms with E-state index in [0.717, 1.165) is 22.4 Å². The molecule has 2 aromatic rings. The number of carboxylic acid groups (broad SMARTS) is 1. The first kappa shape index (κ1) is 15.9. The SMILES string of the molecule is O=C(O)CSc1nnc(CO)n1-c1cc(Br)c(F)cc1F. The van der Waals surface area contributed by atoms with Gasteiger partial charge >= 0.3 is 5.97 Å². The Morgan fingerprint density at radius 2 is 2.05 bits per heavy atom. The maximum Gasteiger partial charge on any atom is 0.313 e. The van der Waals surface area contributed by atoms with Crippen LogP contribution in [-0.4, -0.2) is 36.7 Å². The van der Waals surface area contributed by atoms with E-state index in [1.165, 1.54) is 0 Å². The smallest absolute Gasteiger partial charge is 0.313 e. The molecule has 0 radical (unpaired) electrons. The number of nitrogens with zero attached hydrogens (tertiary/aromatic N) is 3. The van der Waals surface area contributed by atoms with Crippen LogP contribution in [0.1, 0.15) is 5.82 Å². The fourth-order valence-corrected chi connectivity index (χ4v) is 2.56. The highest BCUT2D eigenvalue weighted by Gasteiger charge is 2.19. The van der Waals surface area contributed by atoms with E-state index >= 15 is 0 Å². The van der Waals surface area contributed by atoms with Gasteiger partial charge in [0.25, 0.3) is 0 Å². The molecule has 0 atom stereocenters. The van der Waals surface area contributed by atoms with Gasteiger partial charge in [-0.15, -0.1) is 10.2 Å². The molecule has 1 aromatic carbocycles. The van der Waals surface area contributed by atoms with E-state index in [-0.39, 0.29) is 26.9 Å². The van der Waals surface area contributed by atoms with Gasteiger partial charge in [-0.3, -0.25) is 9.36 Å². The van der Waals surface area contributed by atoms with Crippen molar-refractivity contribution in [1.82, 2.24) is 14.8 Å². The number of benzene rings is 1. The molecule has 0 spiro atoms. The zero-order valence-corrected chi connectivity index (χ0v) is 12.7. The Morgan fingerprint density at radius 3 is 2.67 bits per heavy atom. The monoisotopic (exact) mass is 379 g/mol. The van der Waals surface area contributed by atoms with E-state index in [4.69, 9.17) is 5.11 Å². The summed E-state index contributed by atoms with van der Waals surface area (Å²) in [5.74, 6) is -3.05. The number of hydrogen-bond donors (Lipinski definition) is 2. The molecule has 2 rings (SSSR count). The van der Waals surface area contributed by atoms with Crippen molar-refractivity contribution in [1.29, 1.82) is 0 Å². The van der Waals surface area contributed by atoms with Crippen LogP contribution in [0.5, 0.6) is 0 Å². The average Bonchev–Trinajstić information content (AvgIpc) is 2.83. The van der Waals surface area contributed by atoms with Gasteiger partial charge < -0.3 is 10.2 Å². The highest BCUT2D eigenvalue weighted by molar-refractivity contribution is 9.10. The molecule has 0 saturated carbocycles. The highest BCUT2D eigenvalue weighted by atomic mass is 79.9. The number of aliphatic carboxylic acids is 1. The van der Waals surface area contributed by atoms with Crippen LogP contribution < -0.4 is 0 Å². The number of rotatable bonds is 5. The Hall–Kier alpha value is -1.52. The van der Waals surface area contributed by atoms with Gasteiger partial charge in [-0.05, 0) is 22.0 Å². The van der Waals surface area contributed by atoms with Crippen LogP contribution >= 0.6 is 27.7 Å². The molecule has 0 bridgehead atoms. The van der Waals surface area contributed by atoms with Crippen molar-refractivity contribution in [2.75, 3.05) is 5.75 Å². The second kappa shape index (κ2) is 6.50. The summed E-state index contributed by atoms with van der Waals surface area (Å²) in [7, 11) is 0. The van der Waals surface area contributed by atoms with Gasteiger partial charge in [0, 0.05) is 6.07 Å². The first-order valence-corrected chi connectivity index (χ1v) is 7.26. The molecule has 0 saturated heterocycles. The van der Waals surface area contributed by atoms with Gasteiger partial charge in [0.1, 0.15) is 18.2 Å². The topological polar surface area (TPSA) is 88.2 Å². The Bertz CT molecular complexity index is 696. The maximum absolute atomic E-state index is 13.9. The van der Waals surface area contributed by atoms with E-state index < -0.39 is 24.2 Å². The highest BCUT2D eigenvalue weighted by Crippen LogP contribution is 2.27. The largest absolute Gasteiger partial charge is 0.481 e. The molecule has 0 amide bonds. The number of aliphatic hydroxyl groups is 1. The van der Waals surface area contributed by atoms with Crippen LogP contribution in [0.2, 0.25) is 0 Å². The molecule has 1 heterocycles. The van der Waals surface area contributed by atoms with Crippen LogP contribution in [0.4, 0.5) is 8.78 Å². The van der Waals surface area contributed by atoms with Gasteiger partial charge in [0.05, 0.1) is 15.9 Å². The van der Waals surface area contributed by atoms with Crippen LogP contribution in [-0.2, 0) is 11.4 Å². The van der Waals surface area contributed by atoms with Crippen molar-refractivity contribution in [2.45, 2.75) is 11.8 Å². The lowest BCUT2D eigenvalue weighted by Gasteiger charge is -2.10. The molecule has 10 heteroatoms.